The van der Waals surface area contributed by atoms with Gasteiger partial charge in [-0.2, -0.15) is 0 Å². The predicted octanol–water partition coefficient (Wildman–Crippen LogP) is 2.46. The molecule has 28 heavy (non-hydrogen) atoms. The maximum atomic E-state index is 13.2. The second-order valence-corrected chi connectivity index (χ2v) is 9.52. The monoisotopic (exact) mass is 383 g/mol. The molecule has 0 amide bonds. The van der Waals surface area contributed by atoms with Gasteiger partial charge < -0.3 is 15.4 Å². The third-order valence-corrected chi connectivity index (χ3v) is 6.53. The first kappa shape index (κ1) is 19.6. The van der Waals surface area contributed by atoms with Gasteiger partial charge in [0.2, 0.25) is 0 Å². The molecular formula is C23H33N3O2. The maximum absolute atomic E-state index is 13.2. The molecule has 0 spiro atoms. The number of aliphatic hydroxyl groups is 1. The normalized spacial score (nSPS) is 22.0. The lowest BCUT2D eigenvalue weighted by Crippen LogP contribution is -2.45. The quantitative estimate of drug-likeness (QED) is 0.604. The van der Waals surface area contributed by atoms with E-state index in [0.29, 0.717) is 23.9 Å². The predicted molar refractivity (Wildman–Crippen MR) is 110 cm³/mol. The second kappa shape index (κ2) is 7.27. The molecule has 1 aromatic rings. The zero-order valence-corrected chi connectivity index (χ0v) is 17.5. The minimum atomic E-state index is -0.729. The van der Waals surface area contributed by atoms with Crippen molar-refractivity contribution >= 4 is 11.4 Å². The number of hydrogen-bond donors (Lipinski definition) is 3. The Morgan fingerprint density at radius 1 is 1.36 bits per heavy atom. The van der Waals surface area contributed by atoms with Gasteiger partial charge in [-0.05, 0) is 71.3 Å². The molecule has 2 aliphatic carbocycles. The van der Waals surface area contributed by atoms with Gasteiger partial charge in [0, 0.05) is 30.3 Å². The summed E-state index contributed by atoms with van der Waals surface area (Å²) in [6, 6.07) is -0.310. The molecule has 2 atom stereocenters. The topological polar surface area (TPSA) is 77.5 Å². The van der Waals surface area contributed by atoms with E-state index in [1.54, 1.807) is 0 Å². The van der Waals surface area contributed by atoms with Crippen LogP contribution in [-0.2, 0) is 0 Å². The first-order chi connectivity index (χ1) is 13.3. The van der Waals surface area contributed by atoms with Gasteiger partial charge in [0.25, 0.3) is 0 Å². The summed E-state index contributed by atoms with van der Waals surface area (Å²) >= 11 is 0. The van der Waals surface area contributed by atoms with Gasteiger partial charge in [0.15, 0.2) is 5.78 Å². The van der Waals surface area contributed by atoms with Crippen LogP contribution in [0.2, 0.25) is 0 Å². The molecule has 3 N–H and O–H groups in total. The Morgan fingerprint density at radius 2 is 2.07 bits per heavy atom. The van der Waals surface area contributed by atoms with E-state index in [9.17, 15) is 9.90 Å². The maximum Gasteiger partial charge on any atom is 0.183 e. The summed E-state index contributed by atoms with van der Waals surface area (Å²) < 4.78 is 0. The summed E-state index contributed by atoms with van der Waals surface area (Å²) in [5, 5.41) is 15.7. The molecule has 2 unspecified atom stereocenters. The zero-order chi connectivity index (χ0) is 20.1. The number of aromatic amines is 1. The van der Waals surface area contributed by atoms with E-state index < -0.39 is 5.60 Å². The number of nitrogens with one attached hydrogen (secondary N) is 2. The van der Waals surface area contributed by atoms with E-state index in [-0.39, 0.29) is 17.7 Å². The van der Waals surface area contributed by atoms with Gasteiger partial charge in [-0.25, -0.2) is 0 Å². The summed E-state index contributed by atoms with van der Waals surface area (Å²) in [5.41, 5.74) is 2.31. The molecule has 5 heteroatoms. The fourth-order valence-electron chi connectivity index (χ4n) is 4.34. The summed E-state index contributed by atoms with van der Waals surface area (Å²) in [4.78, 5) is 21.4. The Morgan fingerprint density at radius 3 is 2.68 bits per heavy atom. The highest BCUT2D eigenvalue weighted by atomic mass is 16.3. The van der Waals surface area contributed by atoms with Crippen molar-refractivity contribution in [2.75, 3.05) is 6.54 Å². The van der Waals surface area contributed by atoms with Crippen LogP contribution < -0.4 is 16.0 Å². The number of carbonyl (C=O) groups is 1. The standard InChI is InChI=1S/C23H33N3O2/c1-13-5-10-19(16-8-9-16)26-21-17(11-25-20(13)21)22(27)14(2)24-12-18(15-6-7-15)23(3,4)28/h10-11,14-16,18,24-25,28H,5-9,12H2,1-4H3. The van der Waals surface area contributed by atoms with Gasteiger partial charge in [-0.15, -0.1) is 0 Å². The van der Waals surface area contributed by atoms with E-state index >= 15 is 0 Å². The number of H-pyrrole nitrogens is 1. The van der Waals surface area contributed by atoms with Crippen molar-refractivity contribution in [3.05, 3.63) is 34.2 Å². The van der Waals surface area contributed by atoms with Crippen LogP contribution >= 0.6 is 0 Å². The van der Waals surface area contributed by atoms with E-state index in [1.165, 1.54) is 31.3 Å². The van der Waals surface area contributed by atoms with E-state index in [4.69, 9.17) is 4.99 Å². The first-order valence-electron chi connectivity index (χ1n) is 10.7. The Hall–Kier alpha value is -1.72. The third kappa shape index (κ3) is 4.01. The summed E-state index contributed by atoms with van der Waals surface area (Å²) in [5.74, 6) is 1.38. The van der Waals surface area contributed by atoms with Crippen LogP contribution in [0.3, 0.4) is 0 Å². The fraction of sp³-hybridized carbons (Fsp3) is 0.652. The largest absolute Gasteiger partial charge is 0.390 e. The van der Waals surface area contributed by atoms with Crippen LogP contribution in [0.5, 0.6) is 0 Å². The lowest BCUT2D eigenvalue weighted by atomic mass is 9.86. The Kier molecular flexibility index (Phi) is 5.09. The minimum Gasteiger partial charge on any atom is -0.390 e. The second-order valence-electron chi connectivity index (χ2n) is 9.52. The average molecular weight is 384 g/mol. The number of carbonyl (C=O) groups excluding carboxylic acids is 1. The molecule has 0 saturated heterocycles. The summed E-state index contributed by atoms with van der Waals surface area (Å²) in [7, 11) is 0. The van der Waals surface area contributed by atoms with Gasteiger partial charge in [-0.3, -0.25) is 9.79 Å². The number of Topliss-reactive ketones (excluding diaryl/α,β-unsaturated/α-hetero) is 1. The van der Waals surface area contributed by atoms with Crippen LogP contribution in [-0.4, -0.2) is 34.1 Å². The van der Waals surface area contributed by atoms with Gasteiger partial charge in [0.05, 0.1) is 27.9 Å². The molecule has 4 rings (SSSR count). The van der Waals surface area contributed by atoms with Crippen molar-refractivity contribution in [2.45, 2.75) is 71.4 Å². The molecule has 0 bridgehead atoms. The molecule has 5 nitrogen and oxygen atoms in total. The van der Waals surface area contributed by atoms with Gasteiger partial charge in [0.1, 0.15) is 0 Å². The zero-order valence-electron chi connectivity index (χ0n) is 17.5. The molecule has 3 aliphatic rings. The number of allylic oxidation sites excluding steroid dienone is 2. The molecular weight excluding hydrogens is 350 g/mol. The van der Waals surface area contributed by atoms with Crippen molar-refractivity contribution in [3.63, 3.8) is 0 Å². The van der Waals surface area contributed by atoms with Crippen LogP contribution in [0.4, 0.5) is 0 Å². The molecule has 2 fully saturated rings. The Bertz CT molecular complexity index is 911. The smallest absolute Gasteiger partial charge is 0.183 e. The molecule has 2 heterocycles. The summed E-state index contributed by atoms with van der Waals surface area (Å²) in [6.45, 7) is 8.43. The Balaban J connectivity index is 1.54. The number of fused-ring (bicyclic) bond motifs is 1. The van der Waals surface area contributed by atoms with Gasteiger partial charge in [-0.1, -0.05) is 6.08 Å². The summed E-state index contributed by atoms with van der Waals surface area (Å²) in [6.07, 6.45) is 9.69. The minimum absolute atomic E-state index is 0.0661. The van der Waals surface area contributed by atoms with Crippen molar-refractivity contribution in [1.29, 1.82) is 0 Å². The lowest BCUT2D eigenvalue weighted by Gasteiger charge is -2.30. The van der Waals surface area contributed by atoms with E-state index in [1.807, 2.05) is 27.0 Å². The molecule has 2 saturated carbocycles. The molecule has 0 aromatic carbocycles. The van der Waals surface area contributed by atoms with Crippen molar-refractivity contribution in [1.82, 2.24) is 10.3 Å². The molecule has 1 aliphatic heterocycles. The lowest BCUT2D eigenvalue weighted by molar-refractivity contribution is 0.00648. The third-order valence-electron chi connectivity index (χ3n) is 6.53. The highest BCUT2D eigenvalue weighted by Gasteiger charge is 2.40. The number of ketones is 1. The van der Waals surface area contributed by atoms with Crippen molar-refractivity contribution < 1.29 is 9.90 Å². The van der Waals surface area contributed by atoms with Crippen molar-refractivity contribution in [3.8, 4) is 0 Å². The highest BCUT2D eigenvalue weighted by Crippen LogP contribution is 2.41. The van der Waals surface area contributed by atoms with Gasteiger partial charge >= 0.3 is 0 Å². The van der Waals surface area contributed by atoms with Crippen molar-refractivity contribution in [2.24, 2.45) is 22.7 Å². The molecule has 1 aromatic heterocycles. The first-order valence-corrected chi connectivity index (χ1v) is 10.7. The average Bonchev–Trinajstić information content (AvgIpc) is 3.53. The van der Waals surface area contributed by atoms with Crippen LogP contribution in [0.1, 0.15) is 70.2 Å². The number of hydrogen-bond acceptors (Lipinski definition) is 4. The van der Waals surface area contributed by atoms with Crippen LogP contribution in [0, 0.1) is 17.8 Å². The fourth-order valence-corrected chi connectivity index (χ4v) is 4.34. The Labute approximate surface area is 167 Å². The number of nitrogens with zero attached hydrogens (tertiary/aromatic N) is 1. The molecule has 0 radical (unpaired) electrons. The van der Waals surface area contributed by atoms with Crippen LogP contribution in [0.15, 0.2) is 23.0 Å². The van der Waals surface area contributed by atoms with E-state index in [2.05, 4.69) is 23.3 Å². The number of aromatic nitrogens is 1. The highest BCUT2D eigenvalue weighted by molar-refractivity contribution is 5.99. The SMILES string of the molecule is CC1=c2[nH]cc(C(=O)C(C)NCC(C3CC3)C(C)(C)O)c2=NC(C2CC2)=CC1. The van der Waals surface area contributed by atoms with E-state index in [0.717, 1.165) is 22.8 Å². The molecule has 152 valence electrons. The van der Waals surface area contributed by atoms with Crippen LogP contribution in [0.25, 0.3) is 5.57 Å². The number of rotatable bonds is 8.